The first-order valence-electron chi connectivity index (χ1n) is 7.66. The molecule has 0 saturated heterocycles. The van der Waals surface area contributed by atoms with Gasteiger partial charge in [-0.05, 0) is 32.4 Å². The molecule has 0 bridgehead atoms. The third-order valence-corrected chi connectivity index (χ3v) is 4.18. The van der Waals surface area contributed by atoms with Gasteiger partial charge in [-0.3, -0.25) is 4.79 Å². The molecule has 0 fully saturated rings. The molecule has 6 nitrogen and oxygen atoms in total. The summed E-state index contributed by atoms with van der Waals surface area (Å²) in [5, 5.41) is 4.29. The summed E-state index contributed by atoms with van der Waals surface area (Å²) in [6.45, 7) is 5.85. The minimum Gasteiger partial charge on any atom is -0.461 e. The van der Waals surface area contributed by atoms with E-state index in [9.17, 15) is 9.59 Å². The highest BCUT2D eigenvalue weighted by Crippen LogP contribution is 2.34. The standard InChI is InChI=1S/C18H19NO5/c1-9-5-16(21)24-17-10(2)18-13(6-12(9)17)14(11(3)23-18)7-22-8-15(20)19-4/h5-6H,7-8H2,1-4H3,(H,19,20). The quantitative estimate of drug-likeness (QED) is 0.744. The van der Waals surface area contributed by atoms with E-state index in [1.54, 1.807) is 7.05 Å². The molecule has 0 spiro atoms. The van der Waals surface area contributed by atoms with Crippen LogP contribution in [0.15, 0.2) is 25.8 Å². The molecule has 2 aromatic heterocycles. The van der Waals surface area contributed by atoms with Gasteiger partial charge in [-0.15, -0.1) is 0 Å². The molecule has 126 valence electrons. The fourth-order valence-electron chi connectivity index (χ4n) is 2.85. The number of benzene rings is 1. The Morgan fingerprint density at radius 1 is 1.12 bits per heavy atom. The maximum atomic E-state index is 11.6. The lowest BCUT2D eigenvalue weighted by Crippen LogP contribution is -2.23. The monoisotopic (exact) mass is 329 g/mol. The van der Waals surface area contributed by atoms with E-state index in [1.165, 1.54) is 6.07 Å². The van der Waals surface area contributed by atoms with Crippen molar-refractivity contribution in [1.82, 2.24) is 5.32 Å². The van der Waals surface area contributed by atoms with E-state index in [-0.39, 0.29) is 24.7 Å². The van der Waals surface area contributed by atoms with Crippen molar-refractivity contribution in [3.63, 3.8) is 0 Å². The number of amides is 1. The number of ether oxygens (including phenoxy) is 1. The fraction of sp³-hybridized carbons (Fsp3) is 0.333. The van der Waals surface area contributed by atoms with Crippen LogP contribution in [0.2, 0.25) is 0 Å². The number of carbonyl (C=O) groups excluding carboxylic acids is 1. The predicted octanol–water partition coefficient (Wildman–Crippen LogP) is 2.73. The van der Waals surface area contributed by atoms with Gasteiger partial charge in [0.2, 0.25) is 5.91 Å². The van der Waals surface area contributed by atoms with Crippen molar-refractivity contribution >= 4 is 27.8 Å². The van der Waals surface area contributed by atoms with Crippen LogP contribution in [-0.4, -0.2) is 19.6 Å². The van der Waals surface area contributed by atoms with Gasteiger partial charge in [0.25, 0.3) is 0 Å². The Balaban J connectivity index is 2.13. The molecule has 3 aromatic rings. The second kappa shape index (κ2) is 6.13. The number of hydrogen-bond acceptors (Lipinski definition) is 5. The molecule has 1 aromatic carbocycles. The number of hydrogen-bond donors (Lipinski definition) is 1. The Morgan fingerprint density at radius 2 is 1.83 bits per heavy atom. The zero-order valence-corrected chi connectivity index (χ0v) is 14.1. The van der Waals surface area contributed by atoms with E-state index >= 15 is 0 Å². The summed E-state index contributed by atoms with van der Waals surface area (Å²) in [5.74, 6) is 0.542. The van der Waals surface area contributed by atoms with Gasteiger partial charge in [-0.2, -0.15) is 0 Å². The predicted molar refractivity (Wildman–Crippen MR) is 90.2 cm³/mol. The van der Waals surface area contributed by atoms with Gasteiger partial charge in [0.1, 0.15) is 23.5 Å². The normalized spacial score (nSPS) is 11.3. The van der Waals surface area contributed by atoms with Gasteiger partial charge < -0.3 is 18.9 Å². The molecule has 1 N–H and O–H groups in total. The average Bonchev–Trinajstić information content (AvgIpc) is 2.85. The lowest BCUT2D eigenvalue weighted by molar-refractivity contribution is -0.125. The summed E-state index contributed by atoms with van der Waals surface area (Å²) >= 11 is 0. The van der Waals surface area contributed by atoms with Gasteiger partial charge in [-0.1, -0.05) is 0 Å². The number of carbonyl (C=O) groups is 1. The average molecular weight is 329 g/mol. The van der Waals surface area contributed by atoms with Gasteiger partial charge in [0, 0.05) is 35.0 Å². The summed E-state index contributed by atoms with van der Waals surface area (Å²) < 4.78 is 16.7. The van der Waals surface area contributed by atoms with Crippen molar-refractivity contribution in [2.75, 3.05) is 13.7 Å². The van der Waals surface area contributed by atoms with Crippen LogP contribution in [0, 0.1) is 20.8 Å². The van der Waals surface area contributed by atoms with Crippen molar-refractivity contribution in [2.45, 2.75) is 27.4 Å². The van der Waals surface area contributed by atoms with E-state index < -0.39 is 0 Å². The van der Waals surface area contributed by atoms with Crippen LogP contribution in [0.25, 0.3) is 21.9 Å². The molecule has 0 saturated carbocycles. The molecule has 0 unspecified atom stereocenters. The van der Waals surface area contributed by atoms with E-state index in [2.05, 4.69) is 5.32 Å². The van der Waals surface area contributed by atoms with Gasteiger partial charge >= 0.3 is 5.63 Å². The largest absolute Gasteiger partial charge is 0.461 e. The Bertz CT molecular complexity index is 996. The van der Waals surface area contributed by atoms with Crippen molar-refractivity contribution in [3.8, 4) is 0 Å². The summed E-state index contributed by atoms with van der Waals surface area (Å²) in [4.78, 5) is 22.9. The topological polar surface area (TPSA) is 81.7 Å². The molecule has 3 rings (SSSR count). The minimum atomic E-state index is -0.375. The number of fused-ring (bicyclic) bond motifs is 2. The zero-order chi connectivity index (χ0) is 17.4. The van der Waals surface area contributed by atoms with Gasteiger partial charge in [0.05, 0.1) is 6.61 Å². The third kappa shape index (κ3) is 2.69. The smallest absolute Gasteiger partial charge is 0.336 e. The lowest BCUT2D eigenvalue weighted by Gasteiger charge is -2.06. The molecule has 0 radical (unpaired) electrons. The second-order valence-electron chi connectivity index (χ2n) is 5.81. The molecular formula is C18H19NO5. The molecule has 6 heteroatoms. The maximum Gasteiger partial charge on any atom is 0.336 e. The van der Waals surface area contributed by atoms with Crippen molar-refractivity contribution in [1.29, 1.82) is 0 Å². The van der Waals surface area contributed by atoms with E-state index in [0.29, 0.717) is 11.2 Å². The van der Waals surface area contributed by atoms with Crippen molar-refractivity contribution in [3.05, 3.63) is 45.0 Å². The first kappa shape index (κ1) is 16.3. The first-order chi connectivity index (χ1) is 11.4. The molecular weight excluding hydrogens is 310 g/mol. The van der Waals surface area contributed by atoms with Gasteiger partial charge in [-0.25, -0.2) is 4.79 Å². The second-order valence-corrected chi connectivity index (χ2v) is 5.81. The number of furan rings is 1. The zero-order valence-electron chi connectivity index (χ0n) is 14.1. The maximum absolute atomic E-state index is 11.6. The summed E-state index contributed by atoms with van der Waals surface area (Å²) in [6, 6.07) is 3.42. The molecule has 0 aliphatic carbocycles. The Kier molecular flexibility index (Phi) is 4.15. The van der Waals surface area contributed by atoms with Gasteiger partial charge in [0.15, 0.2) is 0 Å². The summed E-state index contributed by atoms with van der Waals surface area (Å²) in [6.07, 6.45) is 0. The molecule has 24 heavy (non-hydrogen) atoms. The fourth-order valence-corrected chi connectivity index (χ4v) is 2.85. The molecule has 0 aliphatic rings. The van der Waals surface area contributed by atoms with Crippen LogP contribution in [-0.2, 0) is 16.1 Å². The Morgan fingerprint density at radius 3 is 2.54 bits per heavy atom. The number of likely N-dealkylation sites (N-methyl/N-ethyl adjacent to an activating group) is 1. The van der Waals surface area contributed by atoms with Crippen LogP contribution < -0.4 is 10.9 Å². The van der Waals surface area contributed by atoms with Crippen LogP contribution in [0.5, 0.6) is 0 Å². The van der Waals surface area contributed by atoms with Crippen LogP contribution >= 0.6 is 0 Å². The Hall–Kier alpha value is -2.60. The SMILES string of the molecule is CNC(=O)COCc1c(C)oc2c(C)c3oc(=O)cc(C)c3cc12. The van der Waals surface area contributed by atoms with Crippen LogP contribution in [0.1, 0.15) is 22.5 Å². The van der Waals surface area contributed by atoms with E-state index in [4.69, 9.17) is 13.6 Å². The third-order valence-electron chi connectivity index (χ3n) is 4.18. The summed E-state index contributed by atoms with van der Waals surface area (Å²) in [7, 11) is 1.57. The van der Waals surface area contributed by atoms with E-state index in [0.717, 1.165) is 33.2 Å². The molecule has 1 amide bonds. The molecule has 0 atom stereocenters. The molecule has 2 heterocycles. The number of nitrogens with one attached hydrogen (secondary N) is 1. The first-order valence-corrected chi connectivity index (χ1v) is 7.66. The van der Waals surface area contributed by atoms with Crippen molar-refractivity contribution < 1.29 is 18.4 Å². The lowest BCUT2D eigenvalue weighted by atomic mass is 10.0. The number of aryl methyl sites for hydroxylation is 3. The van der Waals surface area contributed by atoms with Crippen molar-refractivity contribution in [2.24, 2.45) is 0 Å². The highest BCUT2D eigenvalue weighted by Gasteiger charge is 2.18. The van der Waals surface area contributed by atoms with E-state index in [1.807, 2.05) is 26.8 Å². The number of rotatable bonds is 4. The highest BCUT2D eigenvalue weighted by atomic mass is 16.5. The Labute approximate surface area is 138 Å². The van der Waals surface area contributed by atoms with Crippen LogP contribution in [0.4, 0.5) is 0 Å². The highest BCUT2D eigenvalue weighted by molar-refractivity contribution is 5.99. The molecule has 0 aliphatic heterocycles. The summed E-state index contributed by atoms with van der Waals surface area (Å²) in [5.41, 5.74) is 3.36. The minimum absolute atomic E-state index is 0.0108. The van der Waals surface area contributed by atoms with Crippen LogP contribution in [0.3, 0.4) is 0 Å².